The lowest BCUT2D eigenvalue weighted by atomic mass is 10.1. The van der Waals surface area contributed by atoms with Crippen molar-refractivity contribution in [3.05, 3.63) is 84.1 Å². The number of carbonyl (C=O) groups excluding carboxylic acids is 1. The molecule has 1 amide bonds. The van der Waals surface area contributed by atoms with Gasteiger partial charge in [-0.05, 0) is 43.2 Å². The van der Waals surface area contributed by atoms with E-state index in [1.165, 1.54) is 0 Å². The molecule has 1 saturated carbocycles. The quantitative estimate of drug-likeness (QED) is 0.486. The molecule has 3 aromatic heterocycles. The smallest absolute Gasteiger partial charge is 0.255 e. The number of pyridine rings is 1. The molecule has 4 aromatic rings. The van der Waals surface area contributed by atoms with Crippen molar-refractivity contribution in [1.82, 2.24) is 30.0 Å². The van der Waals surface area contributed by atoms with Crippen LogP contribution in [0.1, 0.15) is 40.5 Å². The zero-order chi connectivity index (χ0) is 21.9. The van der Waals surface area contributed by atoms with Gasteiger partial charge in [-0.2, -0.15) is 5.10 Å². The summed E-state index contributed by atoms with van der Waals surface area (Å²) in [6.45, 7) is 0.358. The van der Waals surface area contributed by atoms with Crippen LogP contribution in [0.5, 0.6) is 5.75 Å². The highest BCUT2D eigenvalue weighted by Crippen LogP contribution is 2.42. The van der Waals surface area contributed by atoms with Crippen LogP contribution in [0.2, 0.25) is 0 Å². The van der Waals surface area contributed by atoms with E-state index in [0.29, 0.717) is 18.1 Å². The molecule has 0 unspecified atom stereocenters. The number of amides is 1. The zero-order valence-electron chi connectivity index (χ0n) is 17.6. The zero-order valence-corrected chi connectivity index (χ0v) is 17.6. The lowest BCUT2D eigenvalue weighted by molar-refractivity contribution is 0.0949. The van der Waals surface area contributed by atoms with Gasteiger partial charge in [-0.15, -0.1) is 0 Å². The first-order valence-corrected chi connectivity index (χ1v) is 10.5. The van der Waals surface area contributed by atoms with Gasteiger partial charge in [0, 0.05) is 23.9 Å². The molecule has 1 aliphatic carbocycles. The van der Waals surface area contributed by atoms with Crippen molar-refractivity contribution in [2.45, 2.75) is 25.3 Å². The molecular formula is C24H22N6O2. The van der Waals surface area contributed by atoms with Gasteiger partial charge in [0.2, 0.25) is 0 Å². The van der Waals surface area contributed by atoms with Crippen LogP contribution in [0.25, 0.3) is 17.2 Å². The van der Waals surface area contributed by atoms with Crippen LogP contribution < -0.4 is 10.1 Å². The summed E-state index contributed by atoms with van der Waals surface area (Å²) in [5, 5.41) is 7.43. The van der Waals surface area contributed by atoms with E-state index in [9.17, 15) is 4.79 Å². The molecule has 0 atom stereocenters. The summed E-state index contributed by atoms with van der Waals surface area (Å²) < 4.78 is 7.02. The molecule has 1 aliphatic rings. The third-order valence-corrected chi connectivity index (χ3v) is 5.37. The molecule has 1 N–H and O–H groups in total. The van der Waals surface area contributed by atoms with Crippen LogP contribution in [0, 0.1) is 0 Å². The Bertz CT molecular complexity index is 1250. The van der Waals surface area contributed by atoms with E-state index in [0.717, 1.165) is 41.2 Å². The number of benzene rings is 1. The molecule has 0 spiro atoms. The number of rotatable bonds is 7. The van der Waals surface area contributed by atoms with Gasteiger partial charge in [-0.1, -0.05) is 18.2 Å². The van der Waals surface area contributed by atoms with Gasteiger partial charge >= 0.3 is 0 Å². The molecule has 0 bridgehead atoms. The molecule has 0 saturated heterocycles. The molecule has 0 radical (unpaired) electrons. The predicted octanol–water partition coefficient (Wildman–Crippen LogP) is 3.54. The Labute approximate surface area is 185 Å². The fourth-order valence-corrected chi connectivity index (χ4v) is 3.60. The van der Waals surface area contributed by atoms with Crippen LogP contribution in [0.15, 0.2) is 67.1 Å². The first-order chi connectivity index (χ1) is 15.7. The van der Waals surface area contributed by atoms with Gasteiger partial charge in [0.15, 0.2) is 0 Å². The maximum absolute atomic E-state index is 12.9. The highest BCUT2D eigenvalue weighted by Gasteiger charge is 2.33. The molecule has 0 aliphatic heterocycles. The minimum Gasteiger partial charge on any atom is -0.497 e. The summed E-state index contributed by atoms with van der Waals surface area (Å²) in [6.07, 6.45) is 7.05. The van der Waals surface area contributed by atoms with E-state index in [2.05, 4.69) is 20.4 Å². The molecule has 160 valence electrons. The monoisotopic (exact) mass is 426 g/mol. The van der Waals surface area contributed by atoms with E-state index in [-0.39, 0.29) is 11.8 Å². The summed E-state index contributed by atoms with van der Waals surface area (Å²) in [5.41, 5.74) is 3.88. The highest BCUT2D eigenvalue weighted by atomic mass is 16.5. The number of hydrogen-bond acceptors (Lipinski definition) is 6. The first-order valence-electron chi connectivity index (χ1n) is 10.5. The number of aromatic nitrogens is 5. The summed E-state index contributed by atoms with van der Waals surface area (Å²) in [4.78, 5) is 26.3. The van der Waals surface area contributed by atoms with E-state index < -0.39 is 0 Å². The molecular weight excluding hydrogens is 404 g/mol. The van der Waals surface area contributed by atoms with Crippen molar-refractivity contribution in [1.29, 1.82) is 0 Å². The van der Waals surface area contributed by atoms with E-state index in [4.69, 9.17) is 9.72 Å². The fraction of sp³-hybridized carbons (Fsp3) is 0.208. The van der Waals surface area contributed by atoms with Crippen molar-refractivity contribution >= 4 is 5.91 Å². The second-order valence-electron chi connectivity index (χ2n) is 7.61. The highest BCUT2D eigenvalue weighted by molar-refractivity contribution is 5.95. The van der Waals surface area contributed by atoms with Crippen LogP contribution in [0.3, 0.4) is 0 Å². The van der Waals surface area contributed by atoms with Crippen LogP contribution in [-0.2, 0) is 6.54 Å². The predicted molar refractivity (Wildman–Crippen MR) is 119 cm³/mol. The average Bonchev–Trinajstić information content (AvgIpc) is 3.60. The van der Waals surface area contributed by atoms with Crippen molar-refractivity contribution < 1.29 is 9.53 Å². The standard InChI is InChI=1S/C24H22N6O2/c1-32-19-7-4-5-17(13-19)21-10-12-26-24(29-21)30-22(16-8-9-16)20(15-28-30)23(31)27-14-18-6-2-3-11-25-18/h2-7,10-13,15-16H,8-9,14H2,1H3,(H,27,31). The summed E-state index contributed by atoms with van der Waals surface area (Å²) in [5.74, 6) is 1.30. The Morgan fingerprint density at radius 3 is 2.81 bits per heavy atom. The Morgan fingerprint density at radius 1 is 1.12 bits per heavy atom. The van der Waals surface area contributed by atoms with Crippen molar-refractivity contribution in [3.8, 4) is 23.0 Å². The fourth-order valence-electron chi connectivity index (χ4n) is 3.60. The molecule has 3 heterocycles. The van der Waals surface area contributed by atoms with Crippen molar-refractivity contribution in [2.24, 2.45) is 0 Å². The molecule has 32 heavy (non-hydrogen) atoms. The van der Waals surface area contributed by atoms with Gasteiger partial charge in [0.25, 0.3) is 11.9 Å². The molecule has 1 fully saturated rings. The number of nitrogens with zero attached hydrogens (tertiary/aromatic N) is 5. The molecule has 1 aromatic carbocycles. The van der Waals surface area contributed by atoms with Gasteiger partial charge in [0.05, 0.1) is 42.5 Å². The lowest BCUT2D eigenvalue weighted by Gasteiger charge is -2.10. The number of ether oxygens (including phenoxy) is 1. The minimum atomic E-state index is -0.173. The Kier molecular flexibility index (Phi) is 5.33. The lowest BCUT2D eigenvalue weighted by Crippen LogP contribution is -2.24. The summed E-state index contributed by atoms with van der Waals surface area (Å²) in [7, 11) is 1.64. The van der Waals surface area contributed by atoms with Crippen LogP contribution >= 0.6 is 0 Å². The van der Waals surface area contributed by atoms with Gasteiger partial charge in [-0.25, -0.2) is 14.6 Å². The second-order valence-corrected chi connectivity index (χ2v) is 7.61. The van der Waals surface area contributed by atoms with Crippen molar-refractivity contribution in [2.75, 3.05) is 7.11 Å². The maximum Gasteiger partial charge on any atom is 0.255 e. The number of hydrogen-bond donors (Lipinski definition) is 1. The normalized spacial score (nSPS) is 13.0. The average molecular weight is 426 g/mol. The Hall–Kier alpha value is -4.07. The first kappa shape index (κ1) is 19.9. The number of nitrogens with one attached hydrogen (secondary N) is 1. The van der Waals surface area contributed by atoms with Crippen LogP contribution in [-0.4, -0.2) is 37.7 Å². The maximum atomic E-state index is 12.9. The van der Waals surface area contributed by atoms with E-state index in [1.807, 2.05) is 48.5 Å². The van der Waals surface area contributed by atoms with Gasteiger partial charge < -0.3 is 10.1 Å². The topological polar surface area (TPSA) is 94.8 Å². The Balaban J connectivity index is 1.44. The van der Waals surface area contributed by atoms with E-state index in [1.54, 1.807) is 30.4 Å². The third kappa shape index (κ3) is 4.07. The van der Waals surface area contributed by atoms with Crippen molar-refractivity contribution in [3.63, 3.8) is 0 Å². The minimum absolute atomic E-state index is 0.173. The number of carbonyl (C=O) groups is 1. The second kappa shape index (κ2) is 8.58. The summed E-state index contributed by atoms with van der Waals surface area (Å²) in [6, 6.07) is 15.2. The largest absolute Gasteiger partial charge is 0.497 e. The van der Waals surface area contributed by atoms with E-state index >= 15 is 0 Å². The Morgan fingerprint density at radius 2 is 2.03 bits per heavy atom. The molecule has 8 nitrogen and oxygen atoms in total. The number of methoxy groups -OCH3 is 1. The SMILES string of the molecule is COc1cccc(-c2ccnc(-n3ncc(C(=O)NCc4ccccn4)c3C3CC3)n2)c1. The van der Waals surface area contributed by atoms with Gasteiger partial charge in [-0.3, -0.25) is 9.78 Å². The molecule has 8 heteroatoms. The third-order valence-electron chi connectivity index (χ3n) is 5.37. The summed E-state index contributed by atoms with van der Waals surface area (Å²) >= 11 is 0. The van der Waals surface area contributed by atoms with Crippen LogP contribution in [0.4, 0.5) is 0 Å². The van der Waals surface area contributed by atoms with Gasteiger partial charge in [0.1, 0.15) is 5.75 Å². The molecule has 5 rings (SSSR count).